The van der Waals surface area contributed by atoms with Gasteiger partial charge in [0.05, 0.1) is 0 Å². The zero-order chi connectivity index (χ0) is 16.2. The fourth-order valence-electron chi connectivity index (χ4n) is 4.45. The highest BCUT2D eigenvalue weighted by Crippen LogP contribution is 2.39. The summed E-state index contributed by atoms with van der Waals surface area (Å²) in [6, 6.07) is 0. The predicted molar refractivity (Wildman–Crippen MR) is 104 cm³/mol. The van der Waals surface area contributed by atoms with Gasteiger partial charge in [0.15, 0.2) is 0 Å². The molecule has 0 saturated heterocycles. The van der Waals surface area contributed by atoms with Crippen LogP contribution in [0.4, 0.5) is 0 Å². The van der Waals surface area contributed by atoms with Gasteiger partial charge in [-0.1, -0.05) is 88.2 Å². The van der Waals surface area contributed by atoms with E-state index >= 15 is 0 Å². The van der Waals surface area contributed by atoms with Gasteiger partial charge >= 0.3 is 0 Å². The molecule has 0 amide bonds. The van der Waals surface area contributed by atoms with Crippen molar-refractivity contribution in [1.29, 1.82) is 0 Å². The molecule has 0 N–H and O–H groups in total. The van der Waals surface area contributed by atoms with Crippen LogP contribution in [-0.2, 0) is 0 Å². The Bertz CT molecular complexity index is 361. The molecule has 2 saturated carbocycles. The van der Waals surface area contributed by atoms with Crippen LogP contribution in [-0.4, -0.2) is 0 Å². The van der Waals surface area contributed by atoms with Crippen LogP contribution in [0.3, 0.4) is 0 Å². The molecule has 0 aromatic carbocycles. The Hall–Kier alpha value is -0.780. The van der Waals surface area contributed by atoms with E-state index in [4.69, 9.17) is 0 Å². The van der Waals surface area contributed by atoms with Gasteiger partial charge in [0.1, 0.15) is 0 Å². The first-order chi connectivity index (χ1) is 11.3. The van der Waals surface area contributed by atoms with E-state index in [-0.39, 0.29) is 0 Å². The molecule has 2 rings (SSSR count). The van der Waals surface area contributed by atoms with Gasteiger partial charge in [-0.05, 0) is 44.4 Å². The summed E-state index contributed by atoms with van der Waals surface area (Å²) >= 11 is 0. The summed E-state index contributed by atoms with van der Waals surface area (Å²) in [5.41, 5.74) is 0.379. The minimum Gasteiger partial charge on any atom is -0.103 e. The van der Waals surface area contributed by atoms with Crippen molar-refractivity contribution in [2.45, 2.75) is 96.3 Å². The summed E-state index contributed by atoms with van der Waals surface area (Å²) in [4.78, 5) is 0. The van der Waals surface area contributed by atoms with Crippen molar-refractivity contribution in [1.82, 2.24) is 0 Å². The van der Waals surface area contributed by atoms with Gasteiger partial charge in [0.2, 0.25) is 0 Å². The molecule has 2 aliphatic rings. The fourth-order valence-corrected chi connectivity index (χ4v) is 4.45. The highest BCUT2D eigenvalue weighted by molar-refractivity contribution is 5.13. The maximum absolute atomic E-state index is 3.82. The third kappa shape index (κ3) is 7.10. The fraction of sp³-hybridized carbons (Fsp3) is 0.739. The standard InChI is InChI=1S/C23H38/c1-2-3-4-11-18-23(20-13-7-14-21-23)19-12-6-10-17-22-15-8-5-9-16-22/h2,11-12,18-19,22H,1,3-10,13-17,20-21H2. The van der Waals surface area contributed by atoms with Crippen molar-refractivity contribution in [3.05, 3.63) is 37.0 Å². The molecule has 2 aliphatic carbocycles. The maximum Gasteiger partial charge on any atom is 0.00609 e. The van der Waals surface area contributed by atoms with Gasteiger partial charge in [-0.3, -0.25) is 0 Å². The lowest BCUT2D eigenvalue weighted by molar-refractivity contribution is 0.323. The van der Waals surface area contributed by atoms with Crippen molar-refractivity contribution in [2.75, 3.05) is 0 Å². The summed E-state index contributed by atoms with van der Waals surface area (Å²) in [6.07, 6.45) is 32.8. The van der Waals surface area contributed by atoms with Crippen LogP contribution >= 0.6 is 0 Å². The molecule has 0 nitrogen and oxygen atoms in total. The lowest BCUT2D eigenvalue weighted by Crippen LogP contribution is -2.18. The molecule has 0 heteroatoms. The summed E-state index contributed by atoms with van der Waals surface area (Å²) in [7, 11) is 0. The van der Waals surface area contributed by atoms with Crippen molar-refractivity contribution in [3.8, 4) is 0 Å². The van der Waals surface area contributed by atoms with E-state index in [0.29, 0.717) is 5.41 Å². The Labute approximate surface area is 145 Å². The molecule has 0 aromatic rings. The van der Waals surface area contributed by atoms with Crippen LogP contribution in [0.1, 0.15) is 96.3 Å². The third-order valence-corrected chi connectivity index (χ3v) is 5.93. The van der Waals surface area contributed by atoms with Crippen molar-refractivity contribution in [3.63, 3.8) is 0 Å². The monoisotopic (exact) mass is 314 g/mol. The van der Waals surface area contributed by atoms with Crippen LogP contribution in [0.2, 0.25) is 0 Å². The zero-order valence-corrected chi connectivity index (χ0v) is 15.3. The van der Waals surface area contributed by atoms with Gasteiger partial charge in [-0.25, -0.2) is 0 Å². The van der Waals surface area contributed by atoms with E-state index < -0.39 is 0 Å². The average molecular weight is 315 g/mol. The second-order valence-electron chi connectivity index (χ2n) is 7.90. The Kier molecular flexibility index (Phi) is 8.79. The van der Waals surface area contributed by atoms with Crippen molar-refractivity contribution < 1.29 is 0 Å². The van der Waals surface area contributed by atoms with Gasteiger partial charge in [-0.2, -0.15) is 0 Å². The molecule has 130 valence electrons. The molecule has 2 fully saturated rings. The number of unbranched alkanes of at least 4 members (excludes halogenated alkanes) is 2. The number of hydrogen-bond donors (Lipinski definition) is 0. The van der Waals surface area contributed by atoms with Crippen LogP contribution in [0.5, 0.6) is 0 Å². The first-order valence-electron chi connectivity index (χ1n) is 10.3. The second kappa shape index (κ2) is 10.9. The zero-order valence-electron chi connectivity index (χ0n) is 15.3. The Balaban J connectivity index is 1.74. The van der Waals surface area contributed by atoms with Crippen molar-refractivity contribution >= 4 is 0 Å². The van der Waals surface area contributed by atoms with Crippen molar-refractivity contribution in [2.24, 2.45) is 11.3 Å². The van der Waals surface area contributed by atoms with E-state index in [2.05, 4.69) is 30.9 Å². The molecule has 0 aromatic heterocycles. The SMILES string of the molecule is C=CCCC=CC1(C=CCCCC2CCCCC2)CCCCC1. The molecule has 0 bridgehead atoms. The van der Waals surface area contributed by atoms with Gasteiger partial charge < -0.3 is 0 Å². The highest BCUT2D eigenvalue weighted by Gasteiger charge is 2.25. The van der Waals surface area contributed by atoms with E-state index in [9.17, 15) is 0 Å². The average Bonchev–Trinajstić information content (AvgIpc) is 2.60. The lowest BCUT2D eigenvalue weighted by Gasteiger charge is -2.32. The highest BCUT2D eigenvalue weighted by atomic mass is 14.3. The summed E-state index contributed by atoms with van der Waals surface area (Å²) in [6.45, 7) is 3.82. The molecule has 0 radical (unpaired) electrons. The summed E-state index contributed by atoms with van der Waals surface area (Å²) in [5, 5.41) is 0. The molecule has 0 spiro atoms. The predicted octanol–water partition coefficient (Wildman–Crippen LogP) is 7.77. The molecule has 0 atom stereocenters. The normalized spacial score (nSPS) is 22.8. The Morgan fingerprint density at radius 3 is 2.13 bits per heavy atom. The largest absolute Gasteiger partial charge is 0.103 e. The Morgan fingerprint density at radius 2 is 1.43 bits per heavy atom. The minimum absolute atomic E-state index is 0.379. The molecule has 0 aliphatic heterocycles. The van der Waals surface area contributed by atoms with Crippen LogP contribution in [0.25, 0.3) is 0 Å². The van der Waals surface area contributed by atoms with Gasteiger partial charge in [0, 0.05) is 5.41 Å². The smallest absolute Gasteiger partial charge is 0.00609 e. The minimum atomic E-state index is 0.379. The number of hydrogen-bond acceptors (Lipinski definition) is 0. The summed E-state index contributed by atoms with van der Waals surface area (Å²) in [5.74, 6) is 1.04. The third-order valence-electron chi connectivity index (χ3n) is 5.93. The van der Waals surface area contributed by atoms with E-state index in [1.807, 2.05) is 6.08 Å². The second-order valence-corrected chi connectivity index (χ2v) is 7.90. The Morgan fingerprint density at radius 1 is 0.783 bits per heavy atom. The number of rotatable bonds is 9. The molecular weight excluding hydrogens is 276 g/mol. The van der Waals surface area contributed by atoms with E-state index in [0.717, 1.165) is 18.8 Å². The molecular formula is C23H38. The lowest BCUT2D eigenvalue weighted by atomic mass is 9.73. The van der Waals surface area contributed by atoms with E-state index in [1.54, 1.807) is 0 Å². The first-order valence-corrected chi connectivity index (χ1v) is 10.3. The molecule has 0 heterocycles. The first kappa shape index (κ1) is 18.6. The van der Waals surface area contributed by atoms with Crippen LogP contribution < -0.4 is 0 Å². The van der Waals surface area contributed by atoms with Crippen LogP contribution in [0, 0.1) is 11.3 Å². The van der Waals surface area contributed by atoms with Gasteiger partial charge in [0.25, 0.3) is 0 Å². The summed E-state index contributed by atoms with van der Waals surface area (Å²) < 4.78 is 0. The van der Waals surface area contributed by atoms with Crippen LogP contribution in [0.15, 0.2) is 37.0 Å². The topological polar surface area (TPSA) is 0 Å². The number of allylic oxidation sites excluding steroid dienone is 5. The molecule has 0 unspecified atom stereocenters. The quantitative estimate of drug-likeness (QED) is 0.301. The maximum atomic E-state index is 3.82. The van der Waals surface area contributed by atoms with Gasteiger partial charge in [-0.15, -0.1) is 6.58 Å². The molecule has 23 heavy (non-hydrogen) atoms. The van der Waals surface area contributed by atoms with E-state index in [1.165, 1.54) is 83.5 Å².